The summed E-state index contributed by atoms with van der Waals surface area (Å²) < 4.78 is 45.5. The van der Waals surface area contributed by atoms with E-state index in [4.69, 9.17) is 4.74 Å². The molecule has 2 aromatic carbocycles. The van der Waals surface area contributed by atoms with Gasteiger partial charge < -0.3 is 10.1 Å². The Kier molecular flexibility index (Phi) is 8.03. The van der Waals surface area contributed by atoms with Crippen molar-refractivity contribution in [3.63, 3.8) is 0 Å². The van der Waals surface area contributed by atoms with E-state index < -0.39 is 15.8 Å². The lowest BCUT2D eigenvalue weighted by Gasteiger charge is -2.31. The molecule has 0 unspecified atom stereocenters. The molecule has 8 heteroatoms. The van der Waals surface area contributed by atoms with E-state index in [1.54, 1.807) is 0 Å². The summed E-state index contributed by atoms with van der Waals surface area (Å²) in [5, 5.41) is 2.94. The molecule has 3 rings (SSSR count). The van der Waals surface area contributed by atoms with Crippen molar-refractivity contribution in [2.24, 2.45) is 5.92 Å². The summed E-state index contributed by atoms with van der Waals surface area (Å²) >= 11 is 0. The second kappa shape index (κ2) is 10.7. The zero-order valence-corrected chi connectivity index (χ0v) is 18.5. The van der Waals surface area contributed by atoms with Crippen LogP contribution in [0.15, 0.2) is 53.4 Å². The zero-order chi connectivity index (χ0) is 22.3. The van der Waals surface area contributed by atoms with Crippen molar-refractivity contribution in [3.05, 3.63) is 59.9 Å². The molecule has 0 aromatic heterocycles. The Balaban J connectivity index is 1.47. The van der Waals surface area contributed by atoms with E-state index in [9.17, 15) is 17.6 Å². The molecule has 1 aliphatic rings. The molecular formula is C23H29FN2O4S. The fourth-order valence-electron chi connectivity index (χ4n) is 3.70. The Labute approximate surface area is 183 Å². The number of ether oxygens (including phenoxy) is 1. The smallest absolute Gasteiger partial charge is 0.243 e. The summed E-state index contributed by atoms with van der Waals surface area (Å²) in [6.45, 7) is 3.62. The Bertz CT molecular complexity index is 962. The van der Waals surface area contributed by atoms with Crippen molar-refractivity contribution < 1.29 is 22.3 Å². The normalized spacial score (nSPS) is 17.3. The van der Waals surface area contributed by atoms with E-state index in [2.05, 4.69) is 5.32 Å². The van der Waals surface area contributed by atoms with Crippen LogP contribution in [0.3, 0.4) is 0 Å². The van der Waals surface area contributed by atoms with E-state index in [-0.39, 0.29) is 23.3 Å². The van der Waals surface area contributed by atoms with Crippen LogP contribution in [0.5, 0.6) is 5.75 Å². The second-order valence-electron chi connectivity index (χ2n) is 7.63. The molecule has 31 heavy (non-hydrogen) atoms. The van der Waals surface area contributed by atoms with Crippen LogP contribution in [0.25, 0.3) is 0 Å². The Hall–Kier alpha value is -2.45. The monoisotopic (exact) mass is 448 g/mol. The molecule has 0 saturated carbocycles. The number of sulfonamides is 1. The molecule has 1 aliphatic heterocycles. The predicted octanol–water partition coefficient (Wildman–Crippen LogP) is 3.37. The first-order valence-electron chi connectivity index (χ1n) is 10.7. The highest BCUT2D eigenvalue weighted by Gasteiger charge is 2.33. The number of nitrogens with zero attached hydrogens (tertiary/aromatic N) is 1. The predicted molar refractivity (Wildman–Crippen MR) is 117 cm³/mol. The van der Waals surface area contributed by atoms with Gasteiger partial charge in [-0.1, -0.05) is 12.1 Å². The van der Waals surface area contributed by atoms with Crippen molar-refractivity contribution in [2.45, 2.75) is 37.5 Å². The van der Waals surface area contributed by atoms with Crippen LogP contribution in [-0.2, 0) is 21.2 Å². The number of amides is 1. The molecule has 1 N–H and O–H groups in total. The van der Waals surface area contributed by atoms with Gasteiger partial charge in [0.15, 0.2) is 0 Å². The van der Waals surface area contributed by atoms with Crippen LogP contribution < -0.4 is 10.1 Å². The topological polar surface area (TPSA) is 75.7 Å². The molecule has 1 heterocycles. The number of hydrogen-bond acceptors (Lipinski definition) is 4. The van der Waals surface area contributed by atoms with Gasteiger partial charge in [0.05, 0.1) is 17.4 Å². The molecule has 6 nitrogen and oxygen atoms in total. The zero-order valence-electron chi connectivity index (χ0n) is 17.7. The summed E-state index contributed by atoms with van der Waals surface area (Å²) in [6.07, 6.45) is 2.90. The maximum atomic E-state index is 13.1. The minimum absolute atomic E-state index is 0.0466. The van der Waals surface area contributed by atoms with Gasteiger partial charge >= 0.3 is 0 Å². The van der Waals surface area contributed by atoms with Crippen LogP contribution in [0, 0.1) is 11.7 Å². The van der Waals surface area contributed by atoms with Crippen molar-refractivity contribution in [1.82, 2.24) is 9.62 Å². The highest BCUT2D eigenvalue weighted by molar-refractivity contribution is 7.89. The second-order valence-corrected chi connectivity index (χ2v) is 9.57. The summed E-state index contributed by atoms with van der Waals surface area (Å²) in [5.41, 5.74) is 1.17. The lowest BCUT2D eigenvalue weighted by Crippen LogP contribution is -2.45. The average molecular weight is 449 g/mol. The molecule has 1 amide bonds. The van der Waals surface area contributed by atoms with Crippen LogP contribution in [-0.4, -0.2) is 44.9 Å². The van der Waals surface area contributed by atoms with E-state index in [0.29, 0.717) is 32.5 Å². The maximum absolute atomic E-state index is 13.1. The quantitative estimate of drug-likeness (QED) is 0.597. The third kappa shape index (κ3) is 6.27. The Morgan fingerprint density at radius 3 is 2.55 bits per heavy atom. The van der Waals surface area contributed by atoms with E-state index >= 15 is 0 Å². The number of aryl methyl sites for hydroxylation is 1. The molecule has 2 aromatic rings. The SMILES string of the molecule is CCOc1ccc(CCCNC(=O)[C@@H]2CCCN(S(=O)(=O)c3ccc(F)cc3)C2)cc1. The van der Waals surface area contributed by atoms with Gasteiger partial charge in [0, 0.05) is 19.6 Å². The fraction of sp³-hybridized carbons (Fsp3) is 0.435. The summed E-state index contributed by atoms with van der Waals surface area (Å²) in [4.78, 5) is 12.6. The number of carbonyl (C=O) groups excluding carboxylic acids is 1. The Morgan fingerprint density at radius 1 is 1.16 bits per heavy atom. The number of nitrogens with one attached hydrogen (secondary N) is 1. The van der Waals surface area contributed by atoms with Gasteiger partial charge in [0.2, 0.25) is 15.9 Å². The number of benzene rings is 2. The van der Waals surface area contributed by atoms with Gasteiger partial charge in [0.25, 0.3) is 0 Å². The largest absolute Gasteiger partial charge is 0.494 e. The lowest BCUT2D eigenvalue weighted by molar-refractivity contribution is -0.126. The van der Waals surface area contributed by atoms with E-state index in [0.717, 1.165) is 30.7 Å². The lowest BCUT2D eigenvalue weighted by atomic mass is 9.99. The van der Waals surface area contributed by atoms with Crippen LogP contribution >= 0.6 is 0 Å². The number of halogens is 1. The minimum Gasteiger partial charge on any atom is -0.494 e. The first-order chi connectivity index (χ1) is 14.9. The number of rotatable bonds is 9. The van der Waals surface area contributed by atoms with Gasteiger partial charge in [-0.05, 0) is 74.6 Å². The van der Waals surface area contributed by atoms with Crippen LogP contribution in [0.2, 0.25) is 0 Å². The number of carbonyl (C=O) groups is 1. The average Bonchev–Trinajstić information content (AvgIpc) is 2.78. The van der Waals surface area contributed by atoms with Crippen molar-refractivity contribution in [2.75, 3.05) is 26.2 Å². The van der Waals surface area contributed by atoms with Gasteiger partial charge in [-0.15, -0.1) is 0 Å². The van der Waals surface area contributed by atoms with Crippen molar-refractivity contribution in [1.29, 1.82) is 0 Å². The Morgan fingerprint density at radius 2 is 1.87 bits per heavy atom. The molecule has 168 valence electrons. The summed E-state index contributed by atoms with van der Waals surface area (Å²) in [5.74, 6) is -0.141. The molecule has 1 atom stereocenters. The third-order valence-electron chi connectivity index (χ3n) is 5.38. The summed E-state index contributed by atoms with van der Waals surface area (Å²) in [7, 11) is -3.74. The highest BCUT2D eigenvalue weighted by Crippen LogP contribution is 2.24. The maximum Gasteiger partial charge on any atom is 0.243 e. The fourth-order valence-corrected chi connectivity index (χ4v) is 5.22. The molecule has 0 bridgehead atoms. The summed E-state index contributed by atoms with van der Waals surface area (Å²) in [6, 6.07) is 12.7. The molecular weight excluding hydrogens is 419 g/mol. The van der Waals surface area contributed by atoms with Gasteiger partial charge in [-0.25, -0.2) is 12.8 Å². The molecule has 1 saturated heterocycles. The molecule has 0 spiro atoms. The first-order valence-corrected chi connectivity index (χ1v) is 12.1. The number of hydrogen-bond donors (Lipinski definition) is 1. The third-order valence-corrected chi connectivity index (χ3v) is 7.26. The standard InChI is InChI=1S/C23H29FN2O4S/c1-2-30-21-11-7-18(8-12-21)5-3-15-25-23(27)19-6-4-16-26(17-19)31(28,29)22-13-9-20(24)10-14-22/h7-14,19H,2-6,15-17H2,1H3,(H,25,27)/t19-/m1/s1. The minimum atomic E-state index is -3.74. The van der Waals surface area contributed by atoms with Gasteiger partial charge in [0.1, 0.15) is 11.6 Å². The first kappa shape index (κ1) is 23.2. The van der Waals surface area contributed by atoms with Gasteiger partial charge in [-0.2, -0.15) is 4.31 Å². The molecule has 0 aliphatic carbocycles. The van der Waals surface area contributed by atoms with Crippen LogP contribution in [0.4, 0.5) is 4.39 Å². The van der Waals surface area contributed by atoms with Gasteiger partial charge in [-0.3, -0.25) is 4.79 Å². The van der Waals surface area contributed by atoms with E-state index in [1.165, 1.54) is 22.0 Å². The number of piperidine rings is 1. The highest BCUT2D eigenvalue weighted by atomic mass is 32.2. The molecule has 1 fully saturated rings. The van der Waals surface area contributed by atoms with Crippen molar-refractivity contribution >= 4 is 15.9 Å². The van der Waals surface area contributed by atoms with E-state index in [1.807, 2.05) is 31.2 Å². The molecule has 0 radical (unpaired) electrons. The van der Waals surface area contributed by atoms with Crippen molar-refractivity contribution in [3.8, 4) is 5.75 Å². The van der Waals surface area contributed by atoms with Crippen LogP contribution in [0.1, 0.15) is 31.7 Å².